The summed E-state index contributed by atoms with van der Waals surface area (Å²) in [6, 6.07) is 24.0. The van der Waals surface area contributed by atoms with Crippen LogP contribution in [0.15, 0.2) is 83.8 Å². The van der Waals surface area contributed by atoms with Gasteiger partial charge in [0.15, 0.2) is 5.75 Å². The maximum atomic E-state index is 12.9. The Balaban J connectivity index is 1.64. The molecule has 1 heterocycles. The van der Waals surface area contributed by atoms with Crippen LogP contribution in [-0.2, 0) is 15.4 Å². The fourth-order valence-corrected chi connectivity index (χ4v) is 4.26. The Kier molecular flexibility index (Phi) is 6.11. The van der Waals surface area contributed by atoms with E-state index in [1.807, 2.05) is 60.7 Å². The number of hydroxylamine groups is 1. The van der Waals surface area contributed by atoms with Crippen molar-refractivity contribution in [1.82, 2.24) is 10.5 Å². The van der Waals surface area contributed by atoms with Crippen LogP contribution in [0.5, 0.6) is 5.75 Å². The maximum Gasteiger partial charge on any atom is 0.210 e. The van der Waals surface area contributed by atoms with E-state index in [4.69, 9.17) is 15.9 Å². The van der Waals surface area contributed by atoms with E-state index in [0.29, 0.717) is 16.1 Å². The summed E-state index contributed by atoms with van der Waals surface area (Å²) < 4.78 is 18.4. The Morgan fingerprint density at radius 2 is 1.60 bits per heavy atom. The number of aromatic nitrogens is 1. The van der Waals surface area contributed by atoms with Crippen molar-refractivity contribution in [3.63, 3.8) is 0 Å². The van der Waals surface area contributed by atoms with E-state index < -0.39 is 11.1 Å². The number of aryl methyl sites for hydroxylation is 1. The van der Waals surface area contributed by atoms with Crippen LogP contribution in [0.2, 0.25) is 5.02 Å². The predicted molar refractivity (Wildman–Crippen MR) is 119 cm³/mol. The van der Waals surface area contributed by atoms with Gasteiger partial charge in [-0.2, -0.15) is 9.76 Å². The van der Waals surface area contributed by atoms with Crippen LogP contribution in [0.1, 0.15) is 22.9 Å². The Morgan fingerprint density at radius 1 is 1.00 bits per heavy atom. The molecule has 0 spiro atoms. The van der Waals surface area contributed by atoms with E-state index in [1.54, 1.807) is 19.1 Å². The number of halogens is 1. The van der Waals surface area contributed by atoms with Gasteiger partial charge >= 0.3 is 0 Å². The fourth-order valence-electron chi connectivity index (χ4n) is 3.19. The third kappa shape index (κ3) is 4.22. The number of aromatic hydroxyl groups is 1. The minimum Gasteiger partial charge on any atom is -0.504 e. The summed E-state index contributed by atoms with van der Waals surface area (Å²) >= 11 is 4.30. The molecule has 4 aromatic rings. The molecule has 0 bridgehead atoms. The Morgan fingerprint density at radius 3 is 2.20 bits per heavy atom. The van der Waals surface area contributed by atoms with E-state index >= 15 is 0 Å². The molecule has 3 aromatic carbocycles. The number of pyridine rings is 1. The molecule has 0 aliphatic carbocycles. The largest absolute Gasteiger partial charge is 0.504 e. The number of phenolic OH excluding ortho intramolecular Hbond substituents is 1. The number of benzene rings is 3. The van der Waals surface area contributed by atoms with Gasteiger partial charge in [-0.05, 0) is 36.2 Å². The molecule has 2 N–H and O–H groups in total. The van der Waals surface area contributed by atoms with Crippen LogP contribution in [-0.4, -0.2) is 14.3 Å². The van der Waals surface area contributed by atoms with Crippen LogP contribution in [0.4, 0.5) is 0 Å². The van der Waals surface area contributed by atoms with E-state index in [1.165, 1.54) is 6.07 Å². The van der Waals surface area contributed by atoms with Crippen LogP contribution >= 0.6 is 11.6 Å². The van der Waals surface area contributed by atoms with Crippen molar-refractivity contribution in [2.75, 3.05) is 0 Å². The molecule has 0 aliphatic heterocycles. The third-order valence-electron chi connectivity index (χ3n) is 4.69. The average Bonchev–Trinajstić information content (AvgIpc) is 2.77. The Hall–Kier alpha value is -2.77. The molecule has 1 unspecified atom stereocenters. The smallest absolute Gasteiger partial charge is 0.210 e. The lowest BCUT2D eigenvalue weighted by Gasteiger charge is -2.19. The number of hydrogen-bond acceptors (Lipinski definition) is 5. The minimum absolute atomic E-state index is 0.0537. The summed E-state index contributed by atoms with van der Waals surface area (Å²) in [5, 5.41) is 11.6. The van der Waals surface area contributed by atoms with Gasteiger partial charge in [-0.3, -0.25) is 0 Å². The predicted octanol–water partition coefficient (Wildman–Crippen LogP) is 5.24. The highest BCUT2D eigenvalue weighted by atomic mass is 35.5. The lowest BCUT2D eigenvalue weighted by atomic mass is 10.00. The number of hydrogen-bond donors (Lipinski definition) is 2. The summed E-state index contributed by atoms with van der Waals surface area (Å²) in [4.78, 5) is 4.38. The molecule has 7 heteroatoms. The van der Waals surface area contributed by atoms with E-state index in [0.717, 1.165) is 11.1 Å². The SMILES string of the molecule is Cc1ccc2c(Cl)cc(S(=O)ONC(c3ccccc3)c3ccccc3)c(O)c2n1. The van der Waals surface area contributed by atoms with Crippen molar-refractivity contribution in [2.24, 2.45) is 0 Å². The normalized spacial score (nSPS) is 12.4. The van der Waals surface area contributed by atoms with Crippen molar-refractivity contribution in [3.05, 3.63) is 101 Å². The highest BCUT2D eigenvalue weighted by Crippen LogP contribution is 2.35. The number of fused-ring (bicyclic) bond motifs is 1. The monoisotopic (exact) mass is 438 g/mol. The molecular formula is C23H19ClN2O3S. The molecule has 1 atom stereocenters. The average molecular weight is 439 g/mol. The molecule has 30 heavy (non-hydrogen) atoms. The zero-order valence-electron chi connectivity index (χ0n) is 16.1. The molecule has 0 radical (unpaired) electrons. The van der Waals surface area contributed by atoms with Crippen LogP contribution in [0, 0.1) is 6.92 Å². The van der Waals surface area contributed by atoms with Gasteiger partial charge < -0.3 is 5.11 Å². The summed E-state index contributed by atoms with van der Waals surface area (Å²) in [6.07, 6.45) is 0. The number of phenols is 1. The van der Waals surface area contributed by atoms with Crippen molar-refractivity contribution >= 4 is 33.6 Å². The molecular weight excluding hydrogens is 420 g/mol. The highest BCUT2D eigenvalue weighted by Gasteiger charge is 2.20. The summed E-state index contributed by atoms with van der Waals surface area (Å²) in [5.41, 5.74) is 5.77. The summed E-state index contributed by atoms with van der Waals surface area (Å²) in [5.74, 6) is -0.214. The standard InChI is InChI=1S/C23H19ClN2O3S/c1-15-12-13-18-19(24)14-20(23(27)22(18)25-15)30(28)29-26-21(16-8-4-2-5-9-16)17-10-6-3-7-11-17/h2-14,21,26-27H,1H3. The van der Waals surface area contributed by atoms with Crippen LogP contribution in [0.3, 0.4) is 0 Å². The molecule has 0 fully saturated rings. The molecule has 0 saturated heterocycles. The lowest BCUT2D eigenvalue weighted by molar-refractivity contribution is 0.193. The van der Waals surface area contributed by atoms with Crippen molar-refractivity contribution < 1.29 is 13.6 Å². The van der Waals surface area contributed by atoms with Crippen LogP contribution < -0.4 is 5.48 Å². The van der Waals surface area contributed by atoms with E-state index in [2.05, 4.69) is 10.5 Å². The molecule has 0 aliphatic rings. The fraction of sp³-hybridized carbons (Fsp3) is 0.0870. The van der Waals surface area contributed by atoms with E-state index in [9.17, 15) is 9.32 Å². The minimum atomic E-state index is -2.02. The van der Waals surface area contributed by atoms with Gasteiger partial charge in [0, 0.05) is 11.1 Å². The van der Waals surface area contributed by atoms with Gasteiger partial charge in [-0.15, -0.1) is 0 Å². The Labute approximate surface area is 181 Å². The maximum absolute atomic E-state index is 12.9. The van der Waals surface area contributed by atoms with Gasteiger partial charge in [-0.1, -0.05) is 72.3 Å². The lowest BCUT2D eigenvalue weighted by Crippen LogP contribution is -2.24. The zero-order valence-corrected chi connectivity index (χ0v) is 17.7. The molecule has 4 rings (SSSR count). The van der Waals surface area contributed by atoms with Gasteiger partial charge in [0.2, 0.25) is 11.1 Å². The number of rotatable bonds is 6. The zero-order chi connectivity index (χ0) is 21.1. The second kappa shape index (κ2) is 8.93. The highest BCUT2D eigenvalue weighted by molar-refractivity contribution is 7.80. The van der Waals surface area contributed by atoms with Crippen molar-refractivity contribution in [3.8, 4) is 5.75 Å². The third-order valence-corrected chi connectivity index (χ3v) is 5.92. The van der Waals surface area contributed by atoms with Gasteiger partial charge in [-0.25, -0.2) is 9.19 Å². The molecule has 0 saturated carbocycles. The first-order valence-corrected chi connectivity index (χ1v) is 10.7. The Bertz CT molecular complexity index is 1160. The van der Waals surface area contributed by atoms with Crippen molar-refractivity contribution in [2.45, 2.75) is 17.9 Å². The van der Waals surface area contributed by atoms with Crippen molar-refractivity contribution in [1.29, 1.82) is 0 Å². The van der Waals surface area contributed by atoms with Gasteiger partial charge in [0.25, 0.3) is 0 Å². The van der Waals surface area contributed by atoms with Crippen LogP contribution in [0.25, 0.3) is 10.9 Å². The first-order chi connectivity index (χ1) is 14.5. The topological polar surface area (TPSA) is 71.5 Å². The number of nitrogens with one attached hydrogen (secondary N) is 1. The first-order valence-electron chi connectivity index (χ1n) is 9.28. The molecule has 0 amide bonds. The van der Waals surface area contributed by atoms with Gasteiger partial charge in [0.05, 0.1) is 11.1 Å². The summed E-state index contributed by atoms with van der Waals surface area (Å²) in [6.45, 7) is 1.80. The second-order valence-corrected chi connectivity index (χ2v) is 8.23. The summed E-state index contributed by atoms with van der Waals surface area (Å²) in [7, 11) is 0. The second-order valence-electron chi connectivity index (χ2n) is 6.74. The quantitative estimate of drug-likeness (QED) is 0.403. The van der Waals surface area contributed by atoms with E-state index in [-0.39, 0.29) is 22.2 Å². The number of nitrogens with zero attached hydrogens (tertiary/aromatic N) is 1. The molecule has 152 valence electrons. The molecule has 5 nitrogen and oxygen atoms in total. The van der Waals surface area contributed by atoms with Gasteiger partial charge in [0.1, 0.15) is 10.4 Å². The first kappa shape index (κ1) is 20.5. The molecule has 1 aromatic heterocycles.